The molecule has 1 aliphatic carbocycles. The summed E-state index contributed by atoms with van der Waals surface area (Å²) in [5, 5.41) is 0. The van der Waals surface area contributed by atoms with Crippen LogP contribution < -0.4 is 0 Å². The molecular formula is C18H32O6P2S. The second-order valence-corrected chi connectivity index (χ2v) is 12.4. The lowest BCUT2D eigenvalue weighted by atomic mass is 9.89. The fraction of sp³-hybridized carbons (Fsp3) is 0.667. The van der Waals surface area contributed by atoms with Gasteiger partial charge in [0.1, 0.15) is 0 Å². The molecule has 0 radical (unpaired) electrons. The Balaban J connectivity index is 2.29. The molecule has 1 saturated carbocycles. The summed E-state index contributed by atoms with van der Waals surface area (Å²) in [7, 11) is -2.41. The summed E-state index contributed by atoms with van der Waals surface area (Å²) in [5.74, 6) is 0. The third-order valence-corrected chi connectivity index (χ3v) is 7.85. The third kappa shape index (κ3) is 11.5. The van der Waals surface area contributed by atoms with Crippen molar-refractivity contribution in [3.8, 4) is 0 Å². The smallest absolute Gasteiger partial charge is 0.308 e. The van der Waals surface area contributed by atoms with Crippen LogP contribution in [0.15, 0.2) is 36.0 Å². The number of rotatable bonds is 11. The van der Waals surface area contributed by atoms with Crippen LogP contribution in [0.2, 0.25) is 0 Å². The van der Waals surface area contributed by atoms with Crippen LogP contribution in [0.25, 0.3) is 0 Å². The summed E-state index contributed by atoms with van der Waals surface area (Å²) in [6.45, 7) is 6.35. The molecule has 6 nitrogen and oxygen atoms in total. The van der Waals surface area contributed by atoms with Crippen molar-refractivity contribution in [3.05, 3.63) is 36.0 Å². The fourth-order valence-electron chi connectivity index (χ4n) is 2.09. The predicted molar refractivity (Wildman–Crippen MR) is 114 cm³/mol. The van der Waals surface area contributed by atoms with Gasteiger partial charge in [0.05, 0.1) is 24.4 Å². The van der Waals surface area contributed by atoms with Crippen LogP contribution >= 0.6 is 26.4 Å². The van der Waals surface area contributed by atoms with Crippen LogP contribution in [-0.4, -0.2) is 30.7 Å². The Hall–Kier alpha value is -0.130. The average Bonchev–Trinajstić information content (AvgIpc) is 2.48. The van der Waals surface area contributed by atoms with E-state index in [0.717, 1.165) is 24.2 Å². The SMILES string of the molecule is CSP(=O)(OC1CC(=C/C=C/C=C/CO[PH](=O)OC(C)C)C1)OC(C)(C)C. The van der Waals surface area contributed by atoms with Crippen molar-refractivity contribution in [1.29, 1.82) is 0 Å². The highest BCUT2D eigenvalue weighted by Gasteiger charge is 2.36. The van der Waals surface area contributed by atoms with Gasteiger partial charge in [-0.2, -0.15) is 0 Å². The molecule has 0 spiro atoms. The highest BCUT2D eigenvalue weighted by atomic mass is 32.7. The zero-order chi connectivity index (χ0) is 20.5. The molecule has 0 N–H and O–H groups in total. The summed E-state index contributed by atoms with van der Waals surface area (Å²) in [5.41, 5.74) is 0.730. The summed E-state index contributed by atoms with van der Waals surface area (Å²) in [4.78, 5) is 0. The molecule has 0 saturated heterocycles. The molecule has 0 aromatic heterocycles. The Morgan fingerprint density at radius 2 is 1.93 bits per heavy atom. The molecule has 1 aliphatic rings. The molecule has 1 fully saturated rings. The van der Waals surface area contributed by atoms with Crippen LogP contribution in [0.4, 0.5) is 0 Å². The van der Waals surface area contributed by atoms with E-state index < -0.39 is 20.7 Å². The summed E-state index contributed by atoms with van der Waals surface area (Å²) in [6.07, 6.45) is 12.5. The lowest BCUT2D eigenvalue weighted by Gasteiger charge is -2.33. The molecule has 0 bridgehead atoms. The van der Waals surface area contributed by atoms with Crippen LogP contribution in [-0.2, 0) is 27.2 Å². The Morgan fingerprint density at radius 1 is 1.26 bits per heavy atom. The maximum absolute atomic E-state index is 12.6. The first kappa shape index (κ1) is 24.9. The normalized spacial score (nSPS) is 21.6. The highest BCUT2D eigenvalue weighted by Crippen LogP contribution is 2.63. The van der Waals surface area contributed by atoms with Gasteiger partial charge in [-0.1, -0.05) is 36.0 Å². The lowest BCUT2D eigenvalue weighted by molar-refractivity contribution is 0.0739. The van der Waals surface area contributed by atoms with Crippen LogP contribution in [0, 0.1) is 0 Å². The monoisotopic (exact) mass is 438 g/mol. The Labute approximate surface area is 168 Å². The van der Waals surface area contributed by atoms with Crippen molar-refractivity contribution in [2.75, 3.05) is 12.9 Å². The summed E-state index contributed by atoms with van der Waals surface area (Å²) in [6, 6.07) is 0. The van der Waals surface area contributed by atoms with Gasteiger partial charge in [-0.05, 0) is 65.1 Å². The van der Waals surface area contributed by atoms with Crippen molar-refractivity contribution in [2.24, 2.45) is 0 Å². The molecule has 2 unspecified atom stereocenters. The molecule has 156 valence electrons. The summed E-state index contributed by atoms with van der Waals surface area (Å²) < 4.78 is 45.3. The standard InChI is InChI=1S/C18H32O6P2S/c1-15(2)22-25(19)21-12-10-8-7-9-11-16-13-17(14-16)23-26(20,27-6)24-18(3,4)5/h7-11,15,17,25H,12-14H2,1-6H3/b9-7+,10-8+,16-11?. The number of hydrogen-bond acceptors (Lipinski definition) is 7. The van der Waals surface area contributed by atoms with Gasteiger partial charge in [-0.15, -0.1) is 0 Å². The van der Waals surface area contributed by atoms with Gasteiger partial charge < -0.3 is 9.05 Å². The van der Waals surface area contributed by atoms with Crippen LogP contribution in [0.5, 0.6) is 0 Å². The minimum atomic E-state index is -3.12. The maximum Gasteiger partial charge on any atom is 0.389 e. The van der Waals surface area contributed by atoms with Gasteiger partial charge in [-0.3, -0.25) is 13.6 Å². The molecule has 0 aromatic carbocycles. The maximum atomic E-state index is 12.6. The number of allylic oxidation sites excluding steroid dienone is 4. The van der Waals surface area contributed by atoms with Crippen molar-refractivity contribution in [3.63, 3.8) is 0 Å². The van der Waals surface area contributed by atoms with Crippen molar-refractivity contribution in [1.82, 2.24) is 0 Å². The Kier molecular flexibility index (Phi) is 10.9. The van der Waals surface area contributed by atoms with Gasteiger partial charge in [0.25, 0.3) is 0 Å². The Morgan fingerprint density at radius 3 is 2.48 bits per heavy atom. The minimum absolute atomic E-state index is 0.0622. The largest absolute Gasteiger partial charge is 0.389 e. The lowest BCUT2D eigenvalue weighted by Crippen LogP contribution is -2.25. The molecule has 0 aliphatic heterocycles. The van der Waals surface area contributed by atoms with Crippen molar-refractivity contribution >= 4 is 26.4 Å². The molecule has 9 heteroatoms. The van der Waals surface area contributed by atoms with Gasteiger partial charge in [0.2, 0.25) is 0 Å². The minimum Gasteiger partial charge on any atom is -0.308 e. The molecule has 0 heterocycles. The van der Waals surface area contributed by atoms with E-state index >= 15 is 0 Å². The quantitative estimate of drug-likeness (QED) is 0.276. The molecule has 0 amide bonds. The summed E-state index contributed by atoms with van der Waals surface area (Å²) >= 11 is 1.14. The fourth-order valence-corrected chi connectivity index (χ4v) is 5.68. The zero-order valence-electron chi connectivity index (χ0n) is 17.0. The second kappa shape index (κ2) is 11.8. The topological polar surface area (TPSA) is 71.1 Å². The van der Waals surface area contributed by atoms with Gasteiger partial charge >= 0.3 is 15.1 Å². The first-order valence-electron chi connectivity index (χ1n) is 8.92. The highest BCUT2D eigenvalue weighted by molar-refractivity contribution is 8.54. The second-order valence-electron chi connectivity index (χ2n) is 7.33. The van der Waals surface area contributed by atoms with Crippen LogP contribution in [0.3, 0.4) is 0 Å². The van der Waals surface area contributed by atoms with Crippen molar-refractivity contribution in [2.45, 2.75) is 65.3 Å². The van der Waals surface area contributed by atoms with E-state index in [0.29, 0.717) is 0 Å². The predicted octanol–water partition coefficient (Wildman–Crippen LogP) is 6.32. The Bertz CT molecular complexity index is 614. The van der Waals surface area contributed by atoms with E-state index in [4.69, 9.17) is 18.1 Å². The molecule has 0 aromatic rings. The van der Waals surface area contributed by atoms with E-state index in [9.17, 15) is 9.13 Å². The molecule has 27 heavy (non-hydrogen) atoms. The average molecular weight is 438 g/mol. The molecular weight excluding hydrogens is 406 g/mol. The van der Waals surface area contributed by atoms with E-state index in [1.54, 1.807) is 12.3 Å². The molecule has 1 rings (SSSR count). The van der Waals surface area contributed by atoms with E-state index in [-0.39, 0.29) is 18.8 Å². The zero-order valence-corrected chi connectivity index (χ0v) is 19.7. The third-order valence-electron chi connectivity index (χ3n) is 3.19. The first-order chi connectivity index (χ1) is 12.5. The van der Waals surface area contributed by atoms with E-state index in [1.807, 2.05) is 58.9 Å². The molecule has 2 atom stereocenters. The van der Waals surface area contributed by atoms with E-state index in [1.165, 1.54) is 5.57 Å². The van der Waals surface area contributed by atoms with Gasteiger partial charge in [0.15, 0.2) is 0 Å². The van der Waals surface area contributed by atoms with Gasteiger partial charge in [0, 0.05) is 0 Å². The first-order valence-corrected chi connectivity index (χ1v) is 13.5. The number of hydrogen-bond donors (Lipinski definition) is 0. The van der Waals surface area contributed by atoms with E-state index in [2.05, 4.69) is 0 Å². The van der Waals surface area contributed by atoms with Crippen molar-refractivity contribution < 1.29 is 27.2 Å². The van der Waals surface area contributed by atoms with Crippen LogP contribution in [0.1, 0.15) is 47.5 Å². The van der Waals surface area contributed by atoms with Gasteiger partial charge in [-0.25, -0.2) is 4.57 Å².